The number of hydrogen-bond acceptors (Lipinski definition) is 2. The van der Waals surface area contributed by atoms with Crippen molar-refractivity contribution in [2.75, 3.05) is 0 Å². The Balaban J connectivity index is 1.61. The topological polar surface area (TPSA) is 26.3 Å². The van der Waals surface area contributed by atoms with E-state index in [-0.39, 0.29) is 17.5 Å². The van der Waals surface area contributed by atoms with Gasteiger partial charge in [0.25, 0.3) is 0 Å². The summed E-state index contributed by atoms with van der Waals surface area (Å²) in [7, 11) is 0. The maximum atomic E-state index is 12.7. The molecule has 2 nitrogen and oxygen atoms in total. The van der Waals surface area contributed by atoms with Gasteiger partial charge in [-0.1, -0.05) is 39.5 Å². The molecule has 0 aromatic heterocycles. The van der Waals surface area contributed by atoms with Crippen molar-refractivity contribution < 1.29 is 9.53 Å². The molecule has 4 fully saturated rings. The normalized spacial score (nSPS) is 44.3. The quantitative estimate of drug-likeness (QED) is 0.653. The summed E-state index contributed by atoms with van der Waals surface area (Å²) in [5.74, 6) is 4.21. The Bertz CT molecular complexity index is 453. The molecular weight excluding hydrogens is 284 g/mol. The fourth-order valence-electron chi connectivity index (χ4n) is 6.85. The van der Waals surface area contributed by atoms with E-state index in [0.717, 1.165) is 24.2 Å². The average molecular weight is 319 g/mol. The second kappa shape index (κ2) is 6.08. The molecule has 0 aromatic carbocycles. The Morgan fingerprint density at radius 1 is 1.09 bits per heavy atom. The van der Waals surface area contributed by atoms with Crippen LogP contribution in [0.1, 0.15) is 84.5 Å². The average Bonchev–Trinajstić information content (AvgIpc) is 3.26. The van der Waals surface area contributed by atoms with Crippen molar-refractivity contribution in [1.29, 1.82) is 0 Å². The first kappa shape index (κ1) is 16.0. The largest absolute Gasteiger partial charge is 0.458 e. The van der Waals surface area contributed by atoms with E-state index < -0.39 is 0 Å². The maximum absolute atomic E-state index is 12.7. The molecular formula is C21H34O2. The number of fused-ring (bicyclic) bond motifs is 5. The van der Waals surface area contributed by atoms with Gasteiger partial charge < -0.3 is 4.74 Å². The van der Waals surface area contributed by atoms with E-state index >= 15 is 0 Å². The molecule has 6 atom stereocenters. The monoisotopic (exact) mass is 318 g/mol. The molecule has 0 saturated heterocycles. The summed E-state index contributed by atoms with van der Waals surface area (Å²) in [6, 6.07) is 0. The van der Waals surface area contributed by atoms with E-state index in [1.54, 1.807) is 0 Å². The Morgan fingerprint density at radius 2 is 1.83 bits per heavy atom. The second-order valence-electron chi connectivity index (χ2n) is 9.09. The standard InChI is InChI=1S/C21H34O2/c1-3-14(2)20(22)23-21(16-8-5-4-6-9-16)13-15-12-19(21)18-11-7-10-17(15)18/h14-19H,3-13H2,1-2H3. The predicted molar refractivity (Wildman–Crippen MR) is 91.9 cm³/mol. The van der Waals surface area contributed by atoms with E-state index in [2.05, 4.69) is 6.92 Å². The SMILES string of the molecule is CCC(C)C(=O)OC1(C2CCCCC2)CC2CC1C1CCCC21. The minimum absolute atomic E-state index is 0.0639. The summed E-state index contributed by atoms with van der Waals surface area (Å²) >= 11 is 0. The third-order valence-electron chi connectivity index (χ3n) is 8.11. The van der Waals surface area contributed by atoms with Crippen molar-refractivity contribution >= 4 is 5.97 Å². The Labute approximate surface area is 141 Å². The Kier molecular flexibility index (Phi) is 4.22. The number of carbonyl (C=O) groups excluding carboxylic acids is 1. The van der Waals surface area contributed by atoms with Gasteiger partial charge in [-0.2, -0.15) is 0 Å². The van der Waals surface area contributed by atoms with Crippen molar-refractivity contribution in [3.63, 3.8) is 0 Å². The maximum Gasteiger partial charge on any atom is 0.309 e. The highest BCUT2D eigenvalue weighted by Gasteiger charge is 2.65. The Morgan fingerprint density at radius 3 is 2.57 bits per heavy atom. The molecule has 2 bridgehead atoms. The third-order valence-corrected chi connectivity index (χ3v) is 8.11. The van der Waals surface area contributed by atoms with Gasteiger partial charge in [-0.3, -0.25) is 4.79 Å². The van der Waals surface area contributed by atoms with Crippen LogP contribution in [-0.4, -0.2) is 11.6 Å². The molecule has 2 heteroatoms. The molecule has 0 N–H and O–H groups in total. The van der Waals surface area contributed by atoms with Crippen LogP contribution >= 0.6 is 0 Å². The van der Waals surface area contributed by atoms with Gasteiger partial charge in [-0.05, 0) is 68.6 Å². The fourth-order valence-corrected chi connectivity index (χ4v) is 6.85. The van der Waals surface area contributed by atoms with Crippen LogP contribution in [0.5, 0.6) is 0 Å². The lowest BCUT2D eigenvalue weighted by Crippen LogP contribution is -2.52. The van der Waals surface area contributed by atoms with Crippen molar-refractivity contribution in [3.8, 4) is 0 Å². The summed E-state index contributed by atoms with van der Waals surface area (Å²) < 4.78 is 6.49. The van der Waals surface area contributed by atoms with Crippen LogP contribution < -0.4 is 0 Å². The van der Waals surface area contributed by atoms with Crippen LogP contribution in [0.3, 0.4) is 0 Å². The highest BCUT2D eigenvalue weighted by Crippen LogP contribution is 2.66. The van der Waals surface area contributed by atoms with Gasteiger partial charge in [0, 0.05) is 5.92 Å². The zero-order chi connectivity index (χ0) is 16.0. The first-order valence-corrected chi connectivity index (χ1v) is 10.4. The molecule has 0 aliphatic heterocycles. The highest BCUT2D eigenvalue weighted by molar-refractivity contribution is 5.72. The molecule has 4 rings (SSSR count). The summed E-state index contributed by atoms with van der Waals surface area (Å²) in [4.78, 5) is 12.7. The number of carbonyl (C=O) groups is 1. The first-order valence-electron chi connectivity index (χ1n) is 10.4. The zero-order valence-electron chi connectivity index (χ0n) is 15.1. The molecule has 0 spiro atoms. The fraction of sp³-hybridized carbons (Fsp3) is 0.952. The molecule has 23 heavy (non-hydrogen) atoms. The lowest BCUT2D eigenvalue weighted by Gasteiger charge is -2.48. The lowest BCUT2D eigenvalue weighted by atomic mass is 9.64. The van der Waals surface area contributed by atoms with Crippen molar-refractivity contribution in [1.82, 2.24) is 0 Å². The zero-order valence-corrected chi connectivity index (χ0v) is 15.1. The minimum Gasteiger partial charge on any atom is -0.458 e. The van der Waals surface area contributed by atoms with Gasteiger partial charge in [0.15, 0.2) is 0 Å². The smallest absolute Gasteiger partial charge is 0.309 e. The van der Waals surface area contributed by atoms with E-state index in [1.165, 1.54) is 64.2 Å². The Hall–Kier alpha value is -0.530. The van der Waals surface area contributed by atoms with Gasteiger partial charge in [0.2, 0.25) is 0 Å². The number of hydrogen-bond donors (Lipinski definition) is 0. The van der Waals surface area contributed by atoms with Crippen LogP contribution in [0.15, 0.2) is 0 Å². The van der Waals surface area contributed by atoms with Crippen LogP contribution in [0.25, 0.3) is 0 Å². The highest BCUT2D eigenvalue weighted by atomic mass is 16.6. The summed E-state index contributed by atoms with van der Waals surface area (Å²) in [6.45, 7) is 4.15. The third kappa shape index (κ3) is 2.46. The predicted octanol–water partition coefficient (Wildman–Crippen LogP) is 5.35. The summed E-state index contributed by atoms with van der Waals surface area (Å²) in [6.07, 6.45) is 14.4. The molecule has 0 aromatic rings. The first-order chi connectivity index (χ1) is 11.2. The molecule has 0 heterocycles. The molecule has 4 aliphatic rings. The van der Waals surface area contributed by atoms with Gasteiger partial charge in [-0.25, -0.2) is 0 Å². The van der Waals surface area contributed by atoms with Gasteiger partial charge >= 0.3 is 5.97 Å². The minimum atomic E-state index is -0.0723. The van der Waals surface area contributed by atoms with E-state index in [9.17, 15) is 4.79 Å². The molecule has 130 valence electrons. The van der Waals surface area contributed by atoms with Gasteiger partial charge in [-0.15, -0.1) is 0 Å². The van der Waals surface area contributed by atoms with E-state index in [1.807, 2.05) is 6.92 Å². The van der Waals surface area contributed by atoms with Gasteiger partial charge in [0.1, 0.15) is 5.60 Å². The second-order valence-corrected chi connectivity index (χ2v) is 9.09. The van der Waals surface area contributed by atoms with E-state index in [0.29, 0.717) is 11.8 Å². The van der Waals surface area contributed by atoms with Gasteiger partial charge in [0.05, 0.1) is 5.92 Å². The van der Waals surface area contributed by atoms with Crippen molar-refractivity contribution in [3.05, 3.63) is 0 Å². The van der Waals surface area contributed by atoms with Crippen LogP contribution in [0, 0.1) is 35.5 Å². The number of ether oxygens (including phenoxy) is 1. The molecule has 4 saturated carbocycles. The van der Waals surface area contributed by atoms with Crippen LogP contribution in [0.2, 0.25) is 0 Å². The number of rotatable bonds is 4. The van der Waals surface area contributed by atoms with Crippen LogP contribution in [0.4, 0.5) is 0 Å². The molecule has 4 aliphatic carbocycles. The summed E-state index contributed by atoms with van der Waals surface area (Å²) in [5.41, 5.74) is -0.0723. The molecule has 0 amide bonds. The van der Waals surface area contributed by atoms with E-state index in [4.69, 9.17) is 4.74 Å². The molecule has 6 unspecified atom stereocenters. The van der Waals surface area contributed by atoms with Crippen molar-refractivity contribution in [2.45, 2.75) is 90.1 Å². The van der Waals surface area contributed by atoms with Crippen LogP contribution in [-0.2, 0) is 9.53 Å². The molecule has 0 radical (unpaired) electrons. The summed E-state index contributed by atoms with van der Waals surface area (Å²) in [5, 5.41) is 0. The lowest BCUT2D eigenvalue weighted by molar-refractivity contribution is -0.187. The number of esters is 1. The van der Waals surface area contributed by atoms with Crippen molar-refractivity contribution in [2.24, 2.45) is 35.5 Å².